The number of hydrogen-bond acceptors (Lipinski definition) is 13. The second-order valence-electron chi connectivity index (χ2n) is 6.70. The summed E-state index contributed by atoms with van der Waals surface area (Å²) >= 11 is 5.50. The monoisotopic (exact) mass is 639 g/mol. The number of nitrogens with one attached hydrogen (secondary N) is 1. The topological polar surface area (TPSA) is 251 Å². The van der Waals surface area contributed by atoms with Crippen molar-refractivity contribution in [3.8, 4) is 5.82 Å². The van der Waals surface area contributed by atoms with Crippen LogP contribution >= 0.6 is 11.6 Å². The Balaban J connectivity index is 0.000000637. The fraction of sp³-hybridized carbons (Fsp3) is 0.200. The molecular weight excluding hydrogens is 619 g/mol. The molecule has 3 N–H and O–H groups in total. The summed E-state index contributed by atoms with van der Waals surface area (Å²) in [7, 11) is -7.09. The van der Waals surface area contributed by atoms with Crippen LogP contribution in [0.1, 0.15) is 30.0 Å². The first-order valence-electron chi connectivity index (χ1n) is 10.3. The van der Waals surface area contributed by atoms with Crippen molar-refractivity contribution in [3.05, 3.63) is 66.1 Å². The van der Waals surface area contributed by atoms with Crippen LogP contribution in [0.15, 0.2) is 59.4 Å². The van der Waals surface area contributed by atoms with Crippen molar-refractivity contribution in [2.24, 2.45) is 0 Å². The second-order valence-corrected chi connectivity index (χ2v) is 11.6. The Kier molecular flexibility index (Phi) is 16.3. The second kappa shape index (κ2) is 17.3. The molecule has 0 bridgehead atoms. The molecule has 4 aromatic rings. The maximum Gasteiger partial charge on any atom is 1.00 e. The molecule has 0 spiro atoms. The number of carbonyl (C=O) groups is 1. The molecule has 0 saturated heterocycles. The third kappa shape index (κ3) is 10.5. The van der Waals surface area contributed by atoms with E-state index in [2.05, 4.69) is 35.2 Å². The Hall–Kier alpha value is -2.49. The Labute approximate surface area is 276 Å². The summed E-state index contributed by atoms with van der Waals surface area (Å²) < 4.78 is 47.7. The summed E-state index contributed by atoms with van der Waals surface area (Å²) in [5.41, 5.74) is -0.783. The van der Waals surface area contributed by atoms with Crippen molar-refractivity contribution >= 4 is 43.5 Å². The zero-order valence-corrected chi connectivity index (χ0v) is 26.7. The van der Waals surface area contributed by atoms with Crippen LogP contribution in [0, 0.1) is 0 Å². The van der Waals surface area contributed by atoms with Crippen LogP contribution in [-0.2, 0) is 24.5 Å². The van der Waals surface area contributed by atoms with Gasteiger partial charge in [0.2, 0.25) is 0 Å². The summed E-state index contributed by atoms with van der Waals surface area (Å²) in [6.45, 7) is 2.92. The number of carbonyl (C=O) groups excluding carboxylic acids is 1. The van der Waals surface area contributed by atoms with E-state index in [-0.39, 0.29) is 94.8 Å². The minimum Gasteiger partial charge on any atom is -0.870 e. The van der Waals surface area contributed by atoms with Crippen LogP contribution in [0.4, 0.5) is 0 Å². The van der Waals surface area contributed by atoms with Crippen LogP contribution in [0.5, 0.6) is 0 Å². The number of hydrogen-bond donors (Lipinski definition) is 2. The van der Waals surface area contributed by atoms with Crippen molar-refractivity contribution in [2.75, 3.05) is 11.5 Å². The Morgan fingerprint density at radius 3 is 2.08 bits per heavy atom. The zero-order chi connectivity index (χ0) is 28.3. The molecule has 16 nitrogen and oxygen atoms in total. The molecule has 0 aliphatic heterocycles. The predicted octanol–water partition coefficient (Wildman–Crippen LogP) is -2.23. The SMILES string of the molecule is CCS(=O)(=O)c1ccc(-n2cncn2)nc1C(=O)O.CCS(=O)(=O)c1ccc(Cl)nc1[C-]=O.[K+].[OH-].c1nc[nH]n1. The van der Waals surface area contributed by atoms with E-state index in [9.17, 15) is 26.4 Å². The van der Waals surface area contributed by atoms with Gasteiger partial charge in [0, 0.05) is 12.0 Å². The quantitative estimate of drug-likeness (QED) is 0.123. The maximum absolute atomic E-state index is 11.8. The normalized spacial score (nSPS) is 10.4. The van der Waals surface area contributed by atoms with Crippen LogP contribution < -0.4 is 51.4 Å². The first kappa shape index (κ1) is 37.5. The van der Waals surface area contributed by atoms with Gasteiger partial charge in [0.25, 0.3) is 0 Å². The van der Waals surface area contributed by atoms with Crippen molar-refractivity contribution < 1.29 is 88.4 Å². The van der Waals surface area contributed by atoms with Gasteiger partial charge in [-0.15, -0.1) is 6.07 Å². The van der Waals surface area contributed by atoms with Gasteiger partial charge >= 0.3 is 57.4 Å². The molecule has 0 radical (unpaired) electrons. The van der Waals surface area contributed by atoms with Gasteiger partial charge in [-0.05, 0) is 23.9 Å². The smallest absolute Gasteiger partial charge is 0.870 e. The number of rotatable bonds is 7. The van der Waals surface area contributed by atoms with Crippen molar-refractivity contribution in [3.63, 3.8) is 0 Å². The largest absolute Gasteiger partial charge is 1.00 e. The fourth-order valence-electron chi connectivity index (χ4n) is 2.52. The summed E-state index contributed by atoms with van der Waals surface area (Å²) in [5.74, 6) is -1.51. The van der Waals surface area contributed by atoms with E-state index in [0.29, 0.717) is 0 Å². The van der Waals surface area contributed by atoms with Gasteiger partial charge in [-0.25, -0.2) is 41.3 Å². The first-order chi connectivity index (χ1) is 18.0. The number of sulfone groups is 2. The number of halogens is 1. The number of carboxylic acid groups (broad SMARTS) is 1. The van der Waals surface area contributed by atoms with Gasteiger partial charge in [-0.1, -0.05) is 30.3 Å². The number of aromatic amines is 1. The molecule has 0 unspecified atom stereocenters. The summed E-state index contributed by atoms with van der Waals surface area (Å²) in [6.07, 6.45) is 7.01. The standard InChI is InChI=1S/C10H10N4O4S.C8H7ClNO3S.C2H3N3.K.H2O/c1-2-19(17,18)7-3-4-8(13-9(7)10(15)16)14-6-11-5-12-14;1-2-14(12,13)7-3-4-8(9)10-6(7)5-11;1-3-2-5-4-1;;/h3-6H,2H2,1H3,(H,15,16);3-4H,2H2,1H3;1-2H,(H,3,4,5);;1H2/q;-1;;+1;/p-1. The van der Waals surface area contributed by atoms with Gasteiger partial charge in [0.15, 0.2) is 21.3 Å². The average molecular weight is 640 g/mol. The first-order valence-corrected chi connectivity index (χ1v) is 14.0. The van der Waals surface area contributed by atoms with E-state index in [1.54, 1.807) is 0 Å². The molecule has 0 fully saturated rings. The van der Waals surface area contributed by atoms with Crippen molar-refractivity contribution in [2.45, 2.75) is 23.6 Å². The molecular formula is C20H21ClKN8O8S2-. The van der Waals surface area contributed by atoms with Gasteiger partial charge < -0.3 is 15.4 Å². The zero-order valence-electron chi connectivity index (χ0n) is 21.2. The minimum absolute atomic E-state index is 0. The van der Waals surface area contributed by atoms with Gasteiger partial charge in [0.1, 0.15) is 45.2 Å². The number of aromatic nitrogens is 8. The average Bonchev–Trinajstić information content (AvgIpc) is 3.66. The number of pyridine rings is 2. The third-order valence-corrected chi connectivity index (χ3v) is 8.11. The third-order valence-electron chi connectivity index (χ3n) is 4.38. The molecule has 0 atom stereocenters. The molecule has 4 aromatic heterocycles. The number of carboxylic acids is 1. The molecule has 40 heavy (non-hydrogen) atoms. The predicted molar refractivity (Wildman–Crippen MR) is 134 cm³/mol. The van der Waals surface area contributed by atoms with Crippen LogP contribution in [-0.4, -0.2) is 91.1 Å². The molecule has 4 rings (SSSR count). The van der Waals surface area contributed by atoms with Gasteiger partial charge in [-0.3, -0.25) is 10.1 Å². The van der Waals surface area contributed by atoms with E-state index in [0.717, 1.165) is 0 Å². The van der Waals surface area contributed by atoms with Gasteiger partial charge in [-0.2, -0.15) is 10.2 Å². The number of aromatic carboxylic acids is 1. The fourth-order valence-corrected chi connectivity index (χ4v) is 4.65. The summed E-state index contributed by atoms with van der Waals surface area (Å²) in [6, 6.07) is 5.18. The molecule has 20 heteroatoms. The van der Waals surface area contributed by atoms with E-state index < -0.39 is 31.3 Å². The number of H-pyrrole nitrogens is 1. The molecule has 210 valence electrons. The Morgan fingerprint density at radius 2 is 1.62 bits per heavy atom. The Morgan fingerprint density at radius 1 is 1.00 bits per heavy atom. The van der Waals surface area contributed by atoms with E-state index in [1.807, 2.05) is 0 Å². The minimum atomic E-state index is -3.65. The Bertz CT molecular complexity index is 1570. The molecule has 0 aliphatic carbocycles. The molecule has 4 heterocycles. The molecule has 0 aromatic carbocycles. The maximum atomic E-state index is 11.8. The molecule has 0 amide bonds. The van der Waals surface area contributed by atoms with E-state index >= 15 is 0 Å². The van der Waals surface area contributed by atoms with Crippen LogP contribution in [0.2, 0.25) is 5.15 Å². The summed E-state index contributed by atoms with van der Waals surface area (Å²) in [5, 5.41) is 18.9. The summed E-state index contributed by atoms with van der Waals surface area (Å²) in [4.78, 5) is 35.8. The molecule has 0 aliphatic rings. The van der Waals surface area contributed by atoms with E-state index in [4.69, 9.17) is 16.7 Å². The van der Waals surface area contributed by atoms with Crippen LogP contribution in [0.25, 0.3) is 5.82 Å². The van der Waals surface area contributed by atoms with Gasteiger partial charge in [0.05, 0.1) is 5.75 Å². The van der Waals surface area contributed by atoms with Crippen LogP contribution in [0.3, 0.4) is 0 Å². The molecule has 0 saturated carbocycles. The van der Waals surface area contributed by atoms with Crippen molar-refractivity contribution in [1.82, 2.24) is 39.9 Å². The van der Waals surface area contributed by atoms with Crippen molar-refractivity contribution in [1.29, 1.82) is 0 Å². The van der Waals surface area contributed by atoms with E-state index in [1.165, 1.54) is 74.4 Å². The number of nitrogens with zero attached hydrogens (tertiary/aromatic N) is 7.